The van der Waals surface area contributed by atoms with Gasteiger partial charge in [0.2, 0.25) is 0 Å². The first kappa shape index (κ1) is 24.5. The highest BCUT2D eigenvalue weighted by molar-refractivity contribution is 7.18. The Balaban J connectivity index is 1.31. The average molecular weight is 496 g/mol. The fourth-order valence-electron chi connectivity index (χ4n) is 4.27. The van der Waals surface area contributed by atoms with Crippen molar-refractivity contribution in [3.8, 4) is 0 Å². The lowest BCUT2D eigenvalue weighted by Gasteiger charge is -2.22. The summed E-state index contributed by atoms with van der Waals surface area (Å²) < 4.78 is 0. The second kappa shape index (κ2) is 11.6. The van der Waals surface area contributed by atoms with Crippen molar-refractivity contribution in [1.29, 1.82) is 0 Å². The van der Waals surface area contributed by atoms with E-state index in [4.69, 9.17) is 11.6 Å². The van der Waals surface area contributed by atoms with E-state index >= 15 is 0 Å². The van der Waals surface area contributed by atoms with Gasteiger partial charge in [0.1, 0.15) is 0 Å². The molecular formula is C27H30ClN3O2S. The first-order valence-electron chi connectivity index (χ1n) is 11.7. The highest BCUT2D eigenvalue weighted by Crippen LogP contribution is 2.29. The molecule has 3 aromatic rings. The number of benzene rings is 2. The Kier molecular flexibility index (Phi) is 8.38. The minimum absolute atomic E-state index is 0.0480. The SMILES string of the molecule is Cc1cc(NC(=O)c2ccccc2Cl)sc1C(=O)N1CCCN(CCCc2ccccc2)CC1. The normalized spacial score (nSPS) is 14.6. The standard InChI is InChI=1S/C27H30ClN3O2S/c1-20-19-24(29-26(32)22-12-5-6-13-23(22)28)34-25(20)27(33)31-16-8-15-30(17-18-31)14-7-11-21-9-3-2-4-10-21/h2-6,9-10,12-13,19H,7-8,11,14-18H2,1H3,(H,29,32). The molecule has 1 saturated heterocycles. The minimum atomic E-state index is -0.272. The van der Waals surface area contributed by atoms with Gasteiger partial charge in [0.05, 0.1) is 20.5 Å². The maximum absolute atomic E-state index is 13.3. The minimum Gasteiger partial charge on any atom is -0.337 e. The highest BCUT2D eigenvalue weighted by atomic mass is 35.5. The van der Waals surface area contributed by atoms with E-state index < -0.39 is 0 Å². The Morgan fingerprint density at radius 2 is 1.76 bits per heavy atom. The van der Waals surface area contributed by atoms with Crippen molar-refractivity contribution < 1.29 is 9.59 Å². The molecule has 0 aliphatic carbocycles. The molecule has 0 atom stereocenters. The van der Waals surface area contributed by atoms with Crippen molar-refractivity contribution in [2.24, 2.45) is 0 Å². The molecule has 2 aromatic carbocycles. The number of amides is 2. The Morgan fingerprint density at radius 1 is 1.00 bits per heavy atom. The molecule has 1 aromatic heterocycles. The molecule has 1 aliphatic rings. The number of carbonyl (C=O) groups is 2. The second-order valence-electron chi connectivity index (χ2n) is 8.63. The molecule has 178 valence electrons. The van der Waals surface area contributed by atoms with Crippen LogP contribution in [-0.4, -0.2) is 54.3 Å². The van der Waals surface area contributed by atoms with Gasteiger partial charge in [-0.25, -0.2) is 0 Å². The maximum atomic E-state index is 13.3. The first-order chi connectivity index (χ1) is 16.5. The molecule has 1 N–H and O–H groups in total. The highest BCUT2D eigenvalue weighted by Gasteiger charge is 2.24. The van der Waals surface area contributed by atoms with Gasteiger partial charge in [-0.3, -0.25) is 9.59 Å². The Morgan fingerprint density at radius 3 is 2.56 bits per heavy atom. The molecule has 0 radical (unpaired) electrons. The summed E-state index contributed by atoms with van der Waals surface area (Å²) >= 11 is 7.47. The first-order valence-corrected chi connectivity index (χ1v) is 12.9. The van der Waals surface area contributed by atoms with E-state index in [1.165, 1.54) is 16.9 Å². The molecule has 2 heterocycles. The fraction of sp³-hybridized carbons (Fsp3) is 0.333. The van der Waals surface area contributed by atoms with Crippen molar-refractivity contribution in [2.45, 2.75) is 26.2 Å². The zero-order valence-corrected chi connectivity index (χ0v) is 21.0. The summed E-state index contributed by atoms with van der Waals surface area (Å²) in [7, 11) is 0. The molecule has 1 aliphatic heterocycles. The van der Waals surface area contributed by atoms with E-state index in [1.54, 1.807) is 24.3 Å². The summed E-state index contributed by atoms with van der Waals surface area (Å²) in [6, 6.07) is 19.4. The monoisotopic (exact) mass is 495 g/mol. The van der Waals surface area contributed by atoms with Gasteiger partial charge in [0, 0.05) is 19.6 Å². The Labute approximate surface area is 210 Å². The third-order valence-electron chi connectivity index (χ3n) is 6.13. The molecule has 0 saturated carbocycles. The predicted molar refractivity (Wildman–Crippen MR) is 140 cm³/mol. The van der Waals surface area contributed by atoms with Crippen LogP contribution in [0.2, 0.25) is 5.02 Å². The van der Waals surface area contributed by atoms with Crippen molar-refractivity contribution in [1.82, 2.24) is 9.80 Å². The largest absolute Gasteiger partial charge is 0.337 e. The Bertz CT molecular complexity index is 1130. The summed E-state index contributed by atoms with van der Waals surface area (Å²) in [6.45, 7) is 6.35. The number of hydrogen-bond acceptors (Lipinski definition) is 4. The Hall–Kier alpha value is -2.67. The number of nitrogens with zero attached hydrogens (tertiary/aromatic N) is 2. The molecule has 0 unspecified atom stereocenters. The van der Waals surface area contributed by atoms with Gasteiger partial charge in [0.25, 0.3) is 11.8 Å². The summed E-state index contributed by atoms with van der Waals surface area (Å²) in [6.07, 6.45) is 3.17. The van der Waals surface area contributed by atoms with Crippen LogP contribution in [0.15, 0.2) is 60.7 Å². The van der Waals surface area contributed by atoms with Gasteiger partial charge in [0.15, 0.2) is 0 Å². The van der Waals surface area contributed by atoms with E-state index in [0.717, 1.165) is 57.5 Å². The smallest absolute Gasteiger partial charge is 0.264 e. The predicted octanol–water partition coefficient (Wildman–Crippen LogP) is 5.74. The third kappa shape index (κ3) is 6.26. The molecule has 7 heteroatoms. The van der Waals surface area contributed by atoms with Gasteiger partial charge in [-0.15, -0.1) is 11.3 Å². The maximum Gasteiger partial charge on any atom is 0.264 e. The molecule has 0 spiro atoms. The van der Waals surface area contributed by atoms with Crippen LogP contribution in [0.3, 0.4) is 0 Å². The quantitative estimate of drug-likeness (QED) is 0.454. The molecule has 0 bridgehead atoms. The second-order valence-corrected chi connectivity index (χ2v) is 10.1. The van der Waals surface area contributed by atoms with Gasteiger partial charge in [-0.05, 0) is 68.6 Å². The lowest BCUT2D eigenvalue weighted by atomic mass is 10.1. The average Bonchev–Trinajstić information content (AvgIpc) is 3.04. The van der Waals surface area contributed by atoms with E-state index in [0.29, 0.717) is 20.5 Å². The summed E-state index contributed by atoms with van der Waals surface area (Å²) in [5.41, 5.74) is 2.68. The molecule has 4 rings (SSSR count). The number of thiophene rings is 1. The van der Waals surface area contributed by atoms with Crippen LogP contribution in [-0.2, 0) is 6.42 Å². The zero-order chi connectivity index (χ0) is 23.9. The summed E-state index contributed by atoms with van der Waals surface area (Å²) in [5.74, 6) is -0.223. The van der Waals surface area contributed by atoms with Gasteiger partial charge >= 0.3 is 0 Å². The number of nitrogens with one attached hydrogen (secondary N) is 1. The topological polar surface area (TPSA) is 52.7 Å². The number of hydrogen-bond donors (Lipinski definition) is 1. The number of rotatable bonds is 7. The van der Waals surface area contributed by atoms with Gasteiger partial charge in [-0.1, -0.05) is 54.1 Å². The summed E-state index contributed by atoms with van der Waals surface area (Å²) in [5, 5.41) is 3.95. The third-order valence-corrected chi connectivity index (χ3v) is 7.60. The van der Waals surface area contributed by atoms with Crippen molar-refractivity contribution >= 4 is 39.8 Å². The lowest BCUT2D eigenvalue weighted by molar-refractivity contribution is 0.0765. The molecule has 5 nitrogen and oxygen atoms in total. The van der Waals surface area contributed by atoms with Crippen LogP contribution >= 0.6 is 22.9 Å². The summed E-state index contributed by atoms with van der Waals surface area (Å²) in [4.78, 5) is 31.0. The van der Waals surface area contributed by atoms with E-state index in [9.17, 15) is 9.59 Å². The van der Waals surface area contributed by atoms with Crippen molar-refractivity contribution in [3.63, 3.8) is 0 Å². The molecule has 34 heavy (non-hydrogen) atoms. The molecule has 2 amide bonds. The van der Waals surface area contributed by atoms with Crippen molar-refractivity contribution in [2.75, 3.05) is 38.0 Å². The van der Waals surface area contributed by atoms with Crippen LogP contribution in [0, 0.1) is 6.92 Å². The fourth-order valence-corrected chi connectivity index (χ4v) is 5.53. The van der Waals surface area contributed by atoms with Crippen molar-refractivity contribution in [3.05, 3.63) is 87.3 Å². The number of carbonyl (C=O) groups excluding carboxylic acids is 2. The van der Waals surface area contributed by atoms with E-state index in [1.807, 2.05) is 17.9 Å². The lowest BCUT2D eigenvalue weighted by Crippen LogP contribution is -2.35. The molecule has 1 fully saturated rings. The van der Waals surface area contributed by atoms with Gasteiger partial charge < -0.3 is 15.1 Å². The van der Waals surface area contributed by atoms with Crippen LogP contribution in [0.4, 0.5) is 5.00 Å². The number of aryl methyl sites for hydroxylation is 2. The van der Waals surface area contributed by atoms with E-state index in [2.05, 4.69) is 40.5 Å². The van der Waals surface area contributed by atoms with Crippen LogP contribution < -0.4 is 5.32 Å². The van der Waals surface area contributed by atoms with Crippen LogP contribution in [0.1, 0.15) is 44.0 Å². The number of anilines is 1. The van der Waals surface area contributed by atoms with Gasteiger partial charge in [-0.2, -0.15) is 0 Å². The molecular weight excluding hydrogens is 466 g/mol. The zero-order valence-electron chi connectivity index (χ0n) is 19.4. The van der Waals surface area contributed by atoms with E-state index in [-0.39, 0.29) is 11.8 Å². The number of halogens is 1. The van der Waals surface area contributed by atoms with Crippen LogP contribution in [0.25, 0.3) is 0 Å². The van der Waals surface area contributed by atoms with Crippen LogP contribution in [0.5, 0.6) is 0 Å².